The summed E-state index contributed by atoms with van der Waals surface area (Å²) < 4.78 is 0.633. The summed E-state index contributed by atoms with van der Waals surface area (Å²) in [5.41, 5.74) is 0. The van der Waals surface area contributed by atoms with E-state index in [1.54, 1.807) is 6.92 Å². The first-order valence-electron chi connectivity index (χ1n) is 4.61. The van der Waals surface area contributed by atoms with Gasteiger partial charge in [-0.3, -0.25) is 4.79 Å². The van der Waals surface area contributed by atoms with Gasteiger partial charge in [0.15, 0.2) is 0 Å². The molecule has 1 amide bonds. The number of hydrogen-bond donors (Lipinski definition) is 1. The minimum absolute atomic E-state index is 0.114. The summed E-state index contributed by atoms with van der Waals surface area (Å²) in [4.78, 5) is 10.9. The first-order valence-corrected chi connectivity index (χ1v) is 5.86. The van der Waals surface area contributed by atoms with Gasteiger partial charge in [-0.25, -0.2) is 0 Å². The summed E-state index contributed by atoms with van der Waals surface area (Å²) in [5, 5.41) is 3.03. The lowest BCUT2D eigenvalue weighted by Crippen LogP contribution is -2.38. The molecule has 0 aromatic rings. The Morgan fingerprint density at radius 3 is 2.67 bits per heavy atom. The number of rotatable bonds is 1. The third kappa shape index (κ3) is 3.29. The van der Waals surface area contributed by atoms with Crippen LogP contribution in [-0.4, -0.2) is 15.9 Å². The van der Waals surface area contributed by atoms with E-state index in [9.17, 15) is 4.79 Å². The molecule has 2 atom stereocenters. The maximum atomic E-state index is 10.9. The van der Waals surface area contributed by atoms with Crippen LogP contribution in [0.3, 0.4) is 0 Å². The maximum absolute atomic E-state index is 10.9. The van der Waals surface area contributed by atoms with Gasteiger partial charge in [0.2, 0.25) is 5.91 Å². The topological polar surface area (TPSA) is 29.1 Å². The lowest BCUT2D eigenvalue weighted by molar-refractivity contribution is -0.119. The van der Waals surface area contributed by atoms with Crippen molar-refractivity contribution >= 4 is 28.5 Å². The average Bonchev–Trinajstić information content (AvgIpc) is 2.16. The van der Waals surface area contributed by atoms with Gasteiger partial charge in [-0.2, -0.15) is 0 Å². The summed E-state index contributed by atoms with van der Waals surface area (Å²) in [7, 11) is 0. The number of carbonyl (C=O) groups is 1. The molecule has 1 saturated carbocycles. The number of amides is 1. The van der Waals surface area contributed by atoms with Crippen molar-refractivity contribution in [2.24, 2.45) is 0 Å². The van der Waals surface area contributed by atoms with Crippen LogP contribution >= 0.6 is 22.6 Å². The molecule has 0 spiro atoms. The highest BCUT2D eigenvalue weighted by Crippen LogP contribution is 2.23. The minimum Gasteiger partial charge on any atom is -0.353 e. The van der Waals surface area contributed by atoms with Crippen LogP contribution in [0.15, 0.2) is 0 Å². The predicted octanol–water partition coefficient (Wildman–Crippen LogP) is 2.26. The second-order valence-corrected chi connectivity index (χ2v) is 5.06. The molecule has 0 aliphatic heterocycles. The van der Waals surface area contributed by atoms with Crippen LogP contribution in [0.25, 0.3) is 0 Å². The zero-order valence-corrected chi connectivity index (χ0v) is 9.63. The summed E-state index contributed by atoms with van der Waals surface area (Å²) >= 11 is 2.46. The minimum atomic E-state index is 0.114. The Morgan fingerprint density at radius 2 is 2.00 bits per heavy atom. The third-order valence-corrected chi connectivity index (χ3v) is 3.81. The van der Waals surface area contributed by atoms with Crippen molar-refractivity contribution in [1.29, 1.82) is 0 Å². The number of carbonyl (C=O) groups excluding carboxylic acids is 1. The zero-order chi connectivity index (χ0) is 8.97. The van der Waals surface area contributed by atoms with E-state index in [4.69, 9.17) is 0 Å². The maximum Gasteiger partial charge on any atom is 0.217 e. The van der Waals surface area contributed by atoms with Gasteiger partial charge in [0.05, 0.1) is 0 Å². The van der Waals surface area contributed by atoms with E-state index < -0.39 is 0 Å². The highest BCUT2D eigenvalue weighted by molar-refractivity contribution is 14.1. The largest absolute Gasteiger partial charge is 0.353 e. The first kappa shape index (κ1) is 10.3. The molecule has 1 rings (SSSR count). The summed E-state index contributed by atoms with van der Waals surface area (Å²) in [5.74, 6) is 0.114. The van der Waals surface area contributed by atoms with Crippen molar-refractivity contribution in [3.63, 3.8) is 0 Å². The standard InChI is InChI=1S/C9H16INO/c1-7(12)11-9-6-4-2-3-5-8(9)10/h8-9H,2-6H2,1H3,(H,11,12). The van der Waals surface area contributed by atoms with Crippen molar-refractivity contribution in [3.05, 3.63) is 0 Å². The van der Waals surface area contributed by atoms with Gasteiger partial charge in [0, 0.05) is 16.9 Å². The fraction of sp³-hybridized carbons (Fsp3) is 0.889. The van der Waals surface area contributed by atoms with Gasteiger partial charge in [-0.15, -0.1) is 0 Å². The van der Waals surface area contributed by atoms with Gasteiger partial charge >= 0.3 is 0 Å². The molecule has 1 fully saturated rings. The molecule has 0 aromatic heterocycles. The normalized spacial score (nSPS) is 30.8. The molecule has 0 heterocycles. The van der Waals surface area contributed by atoms with E-state index in [-0.39, 0.29) is 5.91 Å². The molecule has 3 heteroatoms. The third-order valence-electron chi connectivity index (χ3n) is 2.32. The number of halogens is 1. The molecule has 2 nitrogen and oxygen atoms in total. The van der Waals surface area contributed by atoms with Crippen molar-refractivity contribution in [2.45, 2.75) is 49.0 Å². The van der Waals surface area contributed by atoms with Crippen molar-refractivity contribution in [1.82, 2.24) is 5.32 Å². The van der Waals surface area contributed by atoms with E-state index in [1.165, 1.54) is 25.7 Å². The first-order chi connectivity index (χ1) is 5.70. The van der Waals surface area contributed by atoms with Crippen molar-refractivity contribution < 1.29 is 4.79 Å². The Hall–Kier alpha value is 0.200. The second-order valence-electron chi connectivity index (χ2n) is 3.46. The monoisotopic (exact) mass is 281 g/mol. The van der Waals surface area contributed by atoms with E-state index in [2.05, 4.69) is 27.9 Å². The van der Waals surface area contributed by atoms with E-state index in [1.807, 2.05) is 0 Å². The van der Waals surface area contributed by atoms with Crippen LogP contribution in [0.1, 0.15) is 39.0 Å². The number of hydrogen-bond acceptors (Lipinski definition) is 1. The summed E-state index contributed by atoms with van der Waals surface area (Å²) in [6, 6.07) is 0.422. The van der Waals surface area contributed by atoms with E-state index >= 15 is 0 Å². The Morgan fingerprint density at radius 1 is 1.33 bits per heavy atom. The highest BCUT2D eigenvalue weighted by atomic mass is 127. The lowest BCUT2D eigenvalue weighted by atomic mass is 10.1. The molecule has 0 radical (unpaired) electrons. The van der Waals surface area contributed by atoms with Gasteiger partial charge in [-0.05, 0) is 12.8 Å². The lowest BCUT2D eigenvalue weighted by Gasteiger charge is -2.20. The predicted molar refractivity (Wildman–Crippen MR) is 58.5 cm³/mol. The van der Waals surface area contributed by atoms with Crippen LogP contribution in [0.4, 0.5) is 0 Å². The molecule has 0 saturated heterocycles. The van der Waals surface area contributed by atoms with Gasteiger partial charge in [0.25, 0.3) is 0 Å². The Bertz CT molecular complexity index is 161. The van der Waals surface area contributed by atoms with Crippen LogP contribution in [0.2, 0.25) is 0 Å². The molecular weight excluding hydrogens is 265 g/mol. The number of nitrogens with one attached hydrogen (secondary N) is 1. The zero-order valence-electron chi connectivity index (χ0n) is 7.48. The molecule has 0 aromatic carbocycles. The van der Waals surface area contributed by atoms with Gasteiger partial charge in [-0.1, -0.05) is 41.9 Å². The Kier molecular flexibility index (Phi) is 4.32. The molecule has 2 unspecified atom stereocenters. The molecule has 1 aliphatic rings. The second kappa shape index (κ2) is 5.04. The van der Waals surface area contributed by atoms with Crippen LogP contribution in [0, 0.1) is 0 Å². The fourth-order valence-corrected chi connectivity index (χ4v) is 2.67. The van der Waals surface area contributed by atoms with Crippen molar-refractivity contribution in [2.75, 3.05) is 0 Å². The fourth-order valence-electron chi connectivity index (χ4n) is 1.69. The average molecular weight is 281 g/mol. The smallest absolute Gasteiger partial charge is 0.217 e. The summed E-state index contributed by atoms with van der Waals surface area (Å²) in [6.07, 6.45) is 6.34. The van der Waals surface area contributed by atoms with E-state index in [0.29, 0.717) is 9.97 Å². The molecule has 1 N–H and O–H groups in total. The molecular formula is C9H16INO. The molecule has 1 aliphatic carbocycles. The molecule has 12 heavy (non-hydrogen) atoms. The quantitative estimate of drug-likeness (QED) is 0.446. The Labute approximate surface area is 87.6 Å². The molecule has 0 bridgehead atoms. The highest BCUT2D eigenvalue weighted by Gasteiger charge is 2.21. The van der Waals surface area contributed by atoms with Crippen LogP contribution in [0.5, 0.6) is 0 Å². The van der Waals surface area contributed by atoms with E-state index in [0.717, 1.165) is 6.42 Å². The van der Waals surface area contributed by atoms with Gasteiger partial charge < -0.3 is 5.32 Å². The molecule has 70 valence electrons. The van der Waals surface area contributed by atoms with Crippen molar-refractivity contribution in [3.8, 4) is 0 Å². The van der Waals surface area contributed by atoms with Gasteiger partial charge in [0.1, 0.15) is 0 Å². The van der Waals surface area contributed by atoms with Crippen LogP contribution < -0.4 is 5.32 Å². The SMILES string of the molecule is CC(=O)NC1CCCCCC1I. The summed E-state index contributed by atoms with van der Waals surface area (Å²) in [6.45, 7) is 1.61. The Balaban J connectivity index is 2.41. The number of alkyl halides is 1. The van der Waals surface area contributed by atoms with Crippen LogP contribution in [-0.2, 0) is 4.79 Å².